The number of alkyl halides is 3. The second-order valence-electron chi connectivity index (χ2n) is 4.53. The minimum Gasteiger partial charge on any atom is -0.375 e. The third-order valence-electron chi connectivity index (χ3n) is 2.81. The van der Waals surface area contributed by atoms with Crippen molar-refractivity contribution in [2.24, 2.45) is 0 Å². The summed E-state index contributed by atoms with van der Waals surface area (Å²) >= 11 is 3.61. The lowest BCUT2D eigenvalue weighted by Gasteiger charge is -2.17. The maximum Gasteiger partial charge on any atom is 0.261 e. The van der Waals surface area contributed by atoms with Gasteiger partial charge < -0.3 is 4.74 Å². The number of aryl methyl sites for hydroxylation is 3. The summed E-state index contributed by atoms with van der Waals surface area (Å²) in [6, 6.07) is 4.27. The van der Waals surface area contributed by atoms with Crippen molar-refractivity contribution in [1.82, 2.24) is 0 Å². The summed E-state index contributed by atoms with van der Waals surface area (Å²) in [5.74, 6) is 0. The molecule has 0 heterocycles. The molecule has 0 saturated heterocycles. The van der Waals surface area contributed by atoms with Crippen LogP contribution in [0, 0.1) is 20.8 Å². The number of hydrogen-bond donors (Lipinski definition) is 0. The Labute approximate surface area is 116 Å². The van der Waals surface area contributed by atoms with Gasteiger partial charge in [-0.15, -0.1) is 0 Å². The van der Waals surface area contributed by atoms with Gasteiger partial charge in [-0.1, -0.05) is 33.6 Å². The van der Waals surface area contributed by atoms with E-state index in [0.717, 1.165) is 0 Å². The van der Waals surface area contributed by atoms with Crippen molar-refractivity contribution in [2.45, 2.75) is 38.4 Å². The molecule has 1 atom stereocenters. The first-order chi connectivity index (χ1) is 8.41. The number of halogens is 3. The minimum atomic E-state index is -2.39. The molecule has 0 aromatic heterocycles. The van der Waals surface area contributed by atoms with E-state index in [-0.39, 0.29) is 4.83 Å². The third kappa shape index (κ3) is 4.65. The van der Waals surface area contributed by atoms with E-state index in [2.05, 4.69) is 48.8 Å². The van der Waals surface area contributed by atoms with E-state index in [9.17, 15) is 8.78 Å². The second-order valence-corrected chi connectivity index (χ2v) is 5.64. The quantitative estimate of drug-likeness (QED) is 0.544. The molecule has 1 aromatic carbocycles. The van der Waals surface area contributed by atoms with Crippen LogP contribution in [0.3, 0.4) is 0 Å². The zero-order chi connectivity index (χ0) is 13.7. The smallest absolute Gasteiger partial charge is 0.261 e. The van der Waals surface area contributed by atoms with Crippen LogP contribution in [0.25, 0.3) is 0 Å². The van der Waals surface area contributed by atoms with Crippen molar-refractivity contribution in [3.05, 3.63) is 34.4 Å². The van der Waals surface area contributed by atoms with Crippen molar-refractivity contribution in [3.63, 3.8) is 0 Å². The summed E-state index contributed by atoms with van der Waals surface area (Å²) in [4.78, 5) is 0.149. The largest absolute Gasteiger partial charge is 0.375 e. The average molecular weight is 321 g/mol. The molecule has 0 aliphatic carbocycles. The first kappa shape index (κ1) is 15.6. The third-order valence-corrected chi connectivity index (χ3v) is 3.73. The molecule has 1 nitrogen and oxygen atoms in total. The fraction of sp³-hybridized carbons (Fsp3) is 0.571. The SMILES string of the molecule is Cc1cc(C)c(C(Br)CCOCC(F)F)c(C)c1. The van der Waals surface area contributed by atoms with Crippen LogP contribution >= 0.6 is 15.9 Å². The molecule has 0 bridgehead atoms. The molecule has 0 aliphatic rings. The van der Waals surface area contributed by atoms with E-state index >= 15 is 0 Å². The molecule has 0 radical (unpaired) electrons. The molecular formula is C14H19BrF2O. The lowest BCUT2D eigenvalue weighted by atomic mass is 9.96. The predicted molar refractivity (Wildman–Crippen MR) is 73.8 cm³/mol. The number of rotatable bonds is 6. The van der Waals surface area contributed by atoms with Gasteiger partial charge >= 0.3 is 0 Å². The predicted octanol–water partition coefficient (Wildman–Crippen LogP) is 4.72. The molecule has 4 heteroatoms. The first-order valence-electron chi connectivity index (χ1n) is 5.99. The molecule has 0 aliphatic heterocycles. The molecule has 0 fully saturated rings. The Hall–Kier alpha value is -0.480. The second kappa shape index (κ2) is 7.19. The van der Waals surface area contributed by atoms with E-state index in [0.29, 0.717) is 13.0 Å². The summed E-state index contributed by atoms with van der Waals surface area (Å²) < 4.78 is 28.7. The molecule has 0 amide bonds. The summed E-state index contributed by atoms with van der Waals surface area (Å²) in [7, 11) is 0. The summed E-state index contributed by atoms with van der Waals surface area (Å²) in [6.45, 7) is 6.07. The Bertz CT molecular complexity index is 370. The van der Waals surface area contributed by atoms with Gasteiger partial charge in [-0.25, -0.2) is 8.78 Å². The zero-order valence-corrected chi connectivity index (χ0v) is 12.6. The molecule has 1 aromatic rings. The van der Waals surface area contributed by atoms with Crippen molar-refractivity contribution in [2.75, 3.05) is 13.2 Å². The lowest BCUT2D eigenvalue weighted by Crippen LogP contribution is -2.08. The average Bonchev–Trinajstić information content (AvgIpc) is 2.22. The Morgan fingerprint density at radius 2 is 1.72 bits per heavy atom. The minimum absolute atomic E-state index is 0.149. The summed E-state index contributed by atoms with van der Waals surface area (Å²) in [5.41, 5.74) is 4.93. The topological polar surface area (TPSA) is 9.23 Å². The Morgan fingerprint density at radius 1 is 1.17 bits per heavy atom. The molecule has 0 saturated carbocycles. The van der Waals surface area contributed by atoms with Crippen LogP contribution in [0.15, 0.2) is 12.1 Å². The van der Waals surface area contributed by atoms with Crippen molar-refractivity contribution < 1.29 is 13.5 Å². The van der Waals surface area contributed by atoms with Gasteiger partial charge in [-0.05, 0) is 43.9 Å². The molecule has 18 heavy (non-hydrogen) atoms. The highest BCUT2D eigenvalue weighted by Crippen LogP contribution is 2.32. The lowest BCUT2D eigenvalue weighted by molar-refractivity contribution is 0.0167. The van der Waals surface area contributed by atoms with Crippen molar-refractivity contribution in [3.8, 4) is 0 Å². The number of hydrogen-bond acceptors (Lipinski definition) is 1. The Morgan fingerprint density at radius 3 is 2.22 bits per heavy atom. The maximum atomic E-state index is 11.9. The molecular weight excluding hydrogens is 302 g/mol. The first-order valence-corrected chi connectivity index (χ1v) is 6.91. The zero-order valence-electron chi connectivity index (χ0n) is 11.0. The number of ether oxygens (including phenoxy) is 1. The van der Waals surface area contributed by atoms with Crippen LogP contribution in [0.4, 0.5) is 8.78 Å². The molecule has 0 spiro atoms. The van der Waals surface area contributed by atoms with Crippen molar-refractivity contribution >= 4 is 15.9 Å². The Balaban J connectivity index is 2.59. The van der Waals surface area contributed by atoms with E-state index in [1.807, 2.05) is 0 Å². The van der Waals surface area contributed by atoms with Gasteiger partial charge in [0.2, 0.25) is 0 Å². The van der Waals surface area contributed by atoms with E-state index in [1.165, 1.54) is 22.3 Å². The van der Waals surface area contributed by atoms with Gasteiger partial charge in [0.05, 0.1) is 0 Å². The number of benzene rings is 1. The van der Waals surface area contributed by atoms with E-state index < -0.39 is 13.0 Å². The van der Waals surface area contributed by atoms with E-state index in [4.69, 9.17) is 4.74 Å². The van der Waals surface area contributed by atoms with Crippen LogP contribution in [0.1, 0.15) is 33.5 Å². The molecule has 1 unspecified atom stereocenters. The van der Waals surface area contributed by atoms with Crippen LogP contribution < -0.4 is 0 Å². The summed E-state index contributed by atoms with van der Waals surface area (Å²) in [6.07, 6.45) is -1.70. The van der Waals surface area contributed by atoms with Gasteiger partial charge in [0, 0.05) is 11.4 Å². The highest BCUT2D eigenvalue weighted by atomic mass is 79.9. The van der Waals surface area contributed by atoms with Gasteiger partial charge in [0.25, 0.3) is 6.43 Å². The normalized spacial score (nSPS) is 13.1. The van der Waals surface area contributed by atoms with Gasteiger partial charge in [-0.2, -0.15) is 0 Å². The van der Waals surface area contributed by atoms with Gasteiger partial charge in [0.15, 0.2) is 0 Å². The van der Waals surface area contributed by atoms with Crippen LogP contribution in [-0.4, -0.2) is 19.6 Å². The van der Waals surface area contributed by atoms with Crippen LogP contribution in [0.5, 0.6) is 0 Å². The van der Waals surface area contributed by atoms with Crippen LogP contribution in [-0.2, 0) is 4.74 Å². The van der Waals surface area contributed by atoms with Gasteiger partial charge in [-0.3, -0.25) is 0 Å². The fourth-order valence-corrected chi connectivity index (χ4v) is 3.10. The Kier molecular flexibility index (Phi) is 6.22. The van der Waals surface area contributed by atoms with Gasteiger partial charge in [0.1, 0.15) is 6.61 Å². The monoisotopic (exact) mass is 320 g/mol. The highest BCUT2D eigenvalue weighted by molar-refractivity contribution is 9.09. The van der Waals surface area contributed by atoms with Crippen LogP contribution in [0.2, 0.25) is 0 Å². The molecule has 0 N–H and O–H groups in total. The molecule has 102 valence electrons. The highest BCUT2D eigenvalue weighted by Gasteiger charge is 2.14. The maximum absolute atomic E-state index is 11.9. The summed E-state index contributed by atoms with van der Waals surface area (Å²) in [5, 5.41) is 0. The van der Waals surface area contributed by atoms with E-state index in [1.54, 1.807) is 0 Å². The van der Waals surface area contributed by atoms with Crippen molar-refractivity contribution in [1.29, 1.82) is 0 Å². The fourth-order valence-electron chi connectivity index (χ4n) is 2.19. The molecule has 1 rings (SSSR count). The standard InChI is InChI=1S/C14H19BrF2O/c1-9-6-10(2)14(11(3)7-9)12(15)4-5-18-8-13(16)17/h6-7,12-13H,4-5,8H2,1-3H3.